The molecule has 0 radical (unpaired) electrons. The number of methoxy groups -OCH3 is 2. The lowest BCUT2D eigenvalue weighted by Gasteiger charge is -2.26. The standard InChI is InChI=1S/C26H30FNO4/c1-30-25-13-10-22(14-26(25)31-2)16-28(15-20-8-11-23(27)12-9-20)17-24(29)19-32-18-21-6-4-3-5-7-21/h3-14,24,29H,15-19H2,1-2H3. The molecule has 32 heavy (non-hydrogen) atoms. The number of ether oxygens (including phenoxy) is 3. The van der Waals surface area contributed by atoms with E-state index in [2.05, 4.69) is 4.90 Å². The first-order valence-electron chi connectivity index (χ1n) is 10.5. The fourth-order valence-electron chi connectivity index (χ4n) is 3.51. The van der Waals surface area contributed by atoms with Crippen LogP contribution in [-0.2, 0) is 24.4 Å². The molecule has 1 atom stereocenters. The Morgan fingerprint density at radius 3 is 2.16 bits per heavy atom. The van der Waals surface area contributed by atoms with Crippen molar-refractivity contribution in [2.75, 3.05) is 27.4 Å². The van der Waals surface area contributed by atoms with Gasteiger partial charge >= 0.3 is 0 Å². The van der Waals surface area contributed by atoms with Crippen molar-refractivity contribution in [1.29, 1.82) is 0 Å². The van der Waals surface area contributed by atoms with Crippen LogP contribution in [0.25, 0.3) is 0 Å². The van der Waals surface area contributed by atoms with Crippen molar-refractivity contribution in [3.05, 3.63) is 95.3 Å². The first-order valence-corrected chi connectivity index (χ1v) is 10.5. The lowest BCUT2D eigenvalue weighted by atomic mass is 10.1. The summed E-state index contributed by atoms with van der Waals surface area (Å²) in [4.78, 5) is 2.10. The summed E-state index contributed by atoms with van der Waals surface area (Å²) in [5.41, 5.74) is 3.04. The Hall–Kier alpha value is -2.93. The third kappa shape index (κ3) is 7.34. The summed E-state index contributed by atoms with van der Waals surface area (Å²) >= 11 is 0. The molecule has 3 rings (SSSR count). The largest absolute Gasteiger partial charge is 0.493 e. The Morgan fingerprint density at radius 1 is 0.812 bits per heavy atom. The first-order chi connectivity index (χ1) is 15.6. The van der Waals surface area contributed by atoms with E-state index in [1.807, 2.05) is 48.5 Å². The van der Waals surface area contributed by atoms with Crippen LogP contribution in [0.2, 0.25) is 0 Å². The molecule has 3 aromatic rings. The molecule has 0 aliphatic rings. The molecule has 1 N–H and O–H groups in total. The van der Waals surface area contributed by atoms with E-state index in [-0.39, 0.29) is 12.4 Å². The van der Waals surface area contributed by atoms with E-state index < -0.39 is 6.10 Å². The topological polar surface area (TPSA) is 51.2 Å². The second-order valence-electron chi connectivity index (χ2n) is 7.64. The fraction of sp³-hybridized carbons (Fsp3) is 0.308. The first kappa shape index (κ1) is 23.7. The lowest BCUT2D eigenvalue weighted by molar-refractivity contribution is 0.00711. The van der Waals surface area contributed by atoms with Gasteiger partial charge in [0.1, 0.15) is 5.82 Å². The van der Waals surface area contributed by atoms with E-state index in [0.717, 1.165) is 16.7 Å². The minimum atomic E-state index is -0.667. The zero-order chi connectivity index (χ0) is 22.8. The summed E-state index contributed by atoms with van der Waals surface area (Å²) in [7, 11) is 3.20. The van der Waals surface area contributed by atoms with Crippen molar-refractivity contribution >= 4 is 0 Å². The minimum Gasteiger partial charge on any atom is -0.493 e. The number of halogens is 1. The average Bonchev–Trinajstić information content (AvgIpc) is 2.81. The molecule has 6 heteroatoms. The van der Waals surface area contributed by atoms with Gasteiger partial charge in [0.15, 0.2) is 11.5 Å². The molecule has 0 saturated carbocycles. The molecule has 3 aromatic carbocycles. The average molecular weight is 440 g/mol. The van der Waals surface area contributed by atoms with E-state index in [1.54, 1.807) is 26.4 Å². The second-order valence-corrected chi connectivity index (χ2v) is 7.64. The number of aliphatic hydroxyl groups is 1. The maximum absolute atomic E-state index is 13.3. The molecule has 0 aliphatic heterocycles. The third-order valence-electron chi connectivity index (χ3n) is 5.06. The van der Waals surface area contributed by atoms with Gasteiger partial charge in [-0.25, -0.2) is 4.39 Å². The summed E-state index contributed by atoms with van der Waals surface area (Å²) in [5.74, 6) is 1.05. The zero-order valence-electron chi connectivity index (χ0n) is 18.5. The van der Waals surface area contributed by atoms with Crippen molar-refractivity contribution in [1.82, 2.24) is 4.90 Å². The quantitative estimate of drug-likeness (QED) is 0.453. The van der Waals surface area contributed by atoms with E-state index in [4.69, 9.17) is 14.2 Å². The highest BCUT2D eigenvalue weighted by Crippen LogP contribution is 2.28. The van der Waals surface area contributed by atoms with E-state index >= 15 is 0 Å². The molecule has 0 spiro atoms. The van der Waals surface area contributed by atoms with Gasteiger partial charge < -0.3 is 19.3 Å². The molecule has 0 aromatic heterocycles. The van der Waals surface area contributed by atoms with Gasteiger partial charge in [0, 0.05) is 19.6 Å². The van der Waals surface area contributed by atoms with Crippen LogP contribution < -0.4 is 9.47 Å². The Morgan fingerprint density at radius 2 is 1.47 bits per heavy atom. The molecular formula is C26H30FNO4. The Kier molecular flexibility index (Phi) is 9.04. The Labute approximate surface area is 189 Å². The number of benzene rings is 3. The van der Waals surface area contributed by atoms with Crippen LogP contribution in [0.3, 0.4) is 0 Å². The second kappa shape index (κ2) is 12.2. The summed E-state index contributed by atoms with van der Waals surface area (Å²) in [6, 6.07) is 22.0. The van der Waals surface area contributed by atoms with Crippen LogP contribution in [0.15, 0.2) is 72.8 Å². The third-order valence-corrected chi connectivity index (χ3v) is 5.06. The Bertz CT molecular complexity index is 950. The molecule has 1 unspecified atom stereocenters. The van der Waals surface area contributed by atoms with Gasteiger partial charge in [-0.1, -0.05) is 48.5 Å². The predicted octanol–water partition coefficient (Wildman–Crippen LogP) is 4.42. The highest BCUT2D eigenvalue weighted by atomic mass is 19.1. The molecular weight excluding hydrogens is 409 g/mol. The van der Waals surface area contributed by atoms with Crippen LogP contribution in [-0.4, -0.2) is 43.5 Å². The smallest absolute Gasteiger partial charge is 0.161 e. The van der Waals surface area contributed by atoms with E-state index in [0.29, 0.717) is 37.7 Å². The molecule has 5 nitrogen and oxygen atoms in total. The normalized spacial score (nSPS) is 12.0. The van der Waals surface area contributed by atoms with Crippen molar-refractivity contribution in [3.8, 4) is 11.5 Å². The van der Waals surface area contributed by atoms with Gasteiger partial charge in [0.25, 0.3) is 0 Å². The van der Waals surface area contributed by atoms with Gasteiger partial charge in [-0.3, -0.25) is 4.90 Å². The summed E-state index contributed by atoms with van der Waals surface area (Å²) in [5, 5.41) is 10.6. The number of nitrogens with zero attached hydrogens (tertiary/aromatic N) is 1. The molecule has 0 bridgehead atoms. The minimum absolute atomic E-state index is 0.223. The summed E-state index contributed by atoms with van der Waals surface area (Å²) in [6.45, 7) is 2.21. The summed E-state index contributed by atoms with van der Waals surface area (Å²) in [6.07, 6.45) is -0.667. The highest BCUT2D eigenvalue weighted by Gasteiger charge is 2.15. The van der Waals surface area contributed by atoms with Crippen LogP contribution in [0.5, 0.6) is 11.5 Å². The van der Waals surface area contributed by atoms with Crippen LogP contribution in [0, 0.1) is 5.82 Å². The van der Waals surface area contributed by atoms with Gasteiger partial charge in [0.05, 0.1) is 33.5 Å². The number of aliphatic hydroxyl groups excluding tert-OH is 1. The van der Waals surface area contributed by atoms with Crippen molar-refractivity contribution in [2.45, 2.75) is 25.8 Å². The molecule has 0 aliphatic carbocycles. The molecule has 0 amide bonds. The molecule has 170 valence electrons. The number of hydrogen-bond donors (Lipinski definition) is 1. The van der Waals surface area contributed by atoms with Crippen molar-refractivity contribution < 1.29 is 23.7 Å². The van der Waals surface area contributed by atoms with Gasteiger partial charge in [-0.05, 0) is 41.0 Å². The van der Waals surface area contributed by atoms with Crippen molar-refractivity contribution in [2.24, 2.45) is 0 Å². The number of hydrogen-bond acceptors (Lipinski definition) is 5. The fourth-order valence-corrected chi connectivity index (χ4v) is 3.51. The van der Waals surface area contributed by atoms with Crippen LogP contribution in [0.1, 0.15) is 16.7 Å². The SMILES string of the molecule is COc1ccc(CN(Cc2ccc(F)cc2)CC(O)COCc2ccccc2)cc1OC. The van der Waals surface area contributed by atoms with Crippen LogP contribution >= 0.6 is 0 Å². The van der Waals surface area contributed by atoms with Gasteiger partial charge in [-0.2, -0.15) is 0 Å². The monoisotopic (exact) mass is 439 g/mol. The molecule has 0 saturated heterocycles. The van der Waals surface area contributed by atoms with E-state index in [1.165, 1.54) is 12.1 Å². The maximum Gasteiger partial charge on any atom is 0.161 e. The van der Waals surface area contributed by atoms with Gasteiger partial charge in [0.2, 0.25) is 0 Å². The molecule has 0 fully saturated rings. The summed E-state index contributed by atoms with van der Waals surface area (Å²) < 4.78 is 29.8. The molecule has 0 heterocycles. The predicted molar refractivity (Wildman–Crippen MR) is 122 cm³/mol. The highest BCUT2D eigenvalue weighted by molar-refractivity contribution is 5.42. The van der Waals surface area contributed by atoms with Gasteiger partial charge in [-0.15, -0.1) is 0 Å². The Balaban J connectivity index is 1.65. The van der Waals surface area contributed by atoms with E-state index in [9.17, 15) is 9.50 Å². The van der Waals surface area contributed by atoms with Crippen molar-refractivity contribution in [3.63, 3.8) is 0 Å². The maximum atomic E-state index is 13.3. The number of rotatable bonds is 12. The lowest BCUT2D eigenvalue weighted by Crippen LogP contribution is -2.34. The van der Waals surface area contributed by atoms with Crippen LogP contribution in [0.4, 0.5) is 4.39 Å². The zero-order valence-corrected chi connectivity index (χ0v) is 18.5.